The van der Waals surface area contributed by atoms with E-state index in [4.69, 9.17) is 32.7 Å². The minimum atomic E-state index is -0.439. The molecule has 3 nitrogen and oxygen atoms in total. The number of hydrogen-bond donors (Lipinski definition) is 0. The lowest BCUT2D eigenvalue weighted by Gasteiger charge is -2.07. The van der Waals surface area contributed by atoms with Crippen molar-refractivity contribution in [2.45, 2.75) is 6.92 Å². The number of benzene rings is 1. The van der Waals surface area contributed by atoms with Crippen LogP contribution < -0.4 is 4.74 Å². The molecule has 92 valence electrons. The summed E-state index contributed by atoms with van der Waals surface area (Å²) in [6.07, 6.45) is 2.80. The monoisotopic (exact) mass is 274 g/mol. The zero-order valence-electron chi connectivity index (χ0n) is 9.50. The lowest BCUT2D eigenvalue weighted by Crippen LogP contribution is -1.99. The average Bonchev–Trinajstić information content (AvgIpc) is 2.31. The summed E-state index contributed by atoms with van der Waals surface area (Å²) < 4.78 is 9.89. The Hall–Kier alpha value is -1.19. The highest BCUT2D eigenvalue weighted by atomic mass is 35.5. The van der Waals surface area contributed by atoms with E-state index in [0.717, 1.165) is 0 Å². The Morgan fingerprint density at radius 2 is 2.12 bits per heavy atom. The Balaban J connectivity index is 3.04. The summed E-state index contributed by atoms with van der Waals surface area (Å²) >= 11 is 11.9. The summed E-state index contributed by atoms with van der Waals surface area (Å²) in [6.45, 7) is 2.06. The maximum absolute atomic E-state index is 11.2. The fourth-order valence-corrected chi connectivity index (χ4v) is 1.61. The van der Waals surface area contributed by atoms with Crippen molar-refractivity contribution in [3.63, 3.8) is 0 Å². The topological polar surface area (TPSA) is 35.5 Å². The third kappa shape index (κ3) is 3.65. The molecule has 0 aromatic heterocycles. The molecule has 17 heavy (non-hydrogen) atoms. The highest BCUT2D eigenvalue weighted by molar-refractivity contribution is 6.43. The first-order valence-electron chi connectivity index (χ1n) is 4.97. The van der Waals surface area contributed by atoms with Crippen molar-refractivity contribution in [2.75, 3.05) is 13.7 Å². The molecule has 1 aromatic rings. The van der Waals surface area contributed by atoms with Gasteiger partial charge in [0.25, 0.3) is 0 Å². The third-order valence-electron chi connectivity index (χ3n) is 1.99. The van der Waals surface area contributed by atoms with Gasteiger partial charge in [-0.3, -0.25) is 0 Å². The van der Waals surface area contributed by atoms with E-state index >= 15 is 0 Å². The molecule has 0 aliphatic carbocycles. The van der Waals surface area contributed by atoms with Crippen molar-refractivity contribution in [1.29, 1.82) is 0 Å². The SMILES string of the molecule is CCOC(=O)/C=C/c1c(OC)ccc(Cl)c1Cl. The first kappa shape index (κ1) is 13.9. The quantitative estimate of drug-likeness (QED) is 0.622. The van der Waals surface area contributed by atoms with Crippen molar-refractivity contribution in [2.24, 2.45) is 0 Å². The van der Waals surface area contributed by atoms with E-state index in [9.17, 15) is 4.79 Å². The minimum absolute atomic E-state index is 0.323. The molecule has 0 aliphatic rings. The summed E-state index contributed by atoms with van der Waals surface area (Å²) in [6, 6.07) is 3.31. The van der Waals surface area contributed by atoms with E-state index in [1.54, 1.807) is 19.1 Å². The maximum Gasteiger partial charge on any atom is 0.330 e. The Kier molecular flexibility index (Phi) is 5.32. The third-order valence-corrected chi connectivity index (χ3v) is 2.80. The van der Waals surface area contributed by atoms with E-state index in [-0.39, 0.29) is 0 Å². The van der Waals surface area contributed by atoms with E-state index in [0.29, 0.717) is 28.0 Å². The van der Waals surface area contributed by atoms with Crippen molar-refractivity contribution >= 4 is 35.2 Å². The second-order valence-corrected chi connectivity index (χ2v) is 3.85. The van der Waals surface area contributed by atoms with Gasteiger partial charge in [0.2, 0.25) is 0 Å². The van der Waals surface area contributed by atoms with E-state index in [1.165, 1.54) is 19.3 Å². The molecule has 0 N–H and O–H groups in total. The van der Waals surface area contributed by atoms with Gasteiger partial charge in [0.15, 0.2) is 0 Å². The van der Waals surface area contributed by atoms with Crippen LogP contribution in [-0.2, 0) is 9.53 Å². The summed E-state index contributed by atoms with van der Waals surface area (Å²) in [5, 5.41) is 0.738. The van der Waals surface area contributed by atoms with Gasteiger partial charge in [-0.05, 0) is 25.1 Å². The molecular formula is C12H12Cl2O3. The molecule has 0 radical (unpaired) electrons. The van der Waals surface area contributed by atoms with Crippen molar-refractivity contribution in [3.8, 4) is 5.75 Å². The minimum Gasteiger partial charge on any atom is -0.496 e. The van der Waals surface area contributed by atoms with Crippen LogP contribution in [0.2, 0.25) is 10.0 Å². The molecule has 0 bridgehead atoms. The van der Waals surface area contributed by atoms with Crippen LogP contribution in [0.3, 0.4) is 0 Å². The Morgan fingerprint density at radius 1 is 1.41 bits per heavy atom. The van der Waals surface area contributed by atoms with Crippen LogP contribution >= 0.6 is 23.2 Å². The smallest absolute Gasteiger partial charge is 0.330 e. The summed E-state index contributed by atoms with van der Waals surface area (Å²) in [4.78, 5) is 11.2. The van der Waals surface area contributed by atoms with Crippen LogP contribution in [0.25, 0.3) is 6.08 Å². The summed E-state index contributed by atoms with van der Waals surface area (Å²) in [5.74, 6) is 0.102. The van der Waals surface area contributed by atoms with Gasteiger partial charge in [0.05, 0.1) is 23.8 Å². The Morgan fingerprint density at radius 3 is 2.71 bits per heavy atom. The predicted molar refractivity (Wildman–Crippen MR) is 68.7 cm³/mol. The molecule has 0 saturated heterocycles. The number of ether oxygens (including phenoxy) is 2. The zero-order valence-corrected chi connectivity index (χ0v) is 11.0. The molecule has 0 spiro atoms. The first-order valence-corrected chi connectivity index (χ1v) is 5.72. The number of rotatable bonds is 4. The second kappa shape index (κ2) is 6.52. The normalized spacial score (nSPS) is 10.6. The fraction of sp³-hybridized carbons (Fsp3) is 0.250. The number of carbonyl (C=O) groups is 1. The average molecular weight is 275 g/mol. The molecule has 1 aromatic carbocycles. The van der Waals surface area contributed by atoms with Gasteiger partial charge in [-0.1, -0.05) is 23.2 Å². The Labute approximate surface area is 110 Å². The molecule has 0 aliphatic heterocycles. The number of carbonyl (C=O) groups excluding carboxylic acids is 1. The largest absolute Gasteiger partial charge is 0.496 e. The molecule has 1 rings (SSSR count). The number of methoxy groups -OCH3 is 1. The maximum atomic E-state index is 11.2. The molecule has 0 saturated carbocycles. The van der Waals surface area contributed by atoms with Gasteiger partial charge < -0.3 is 9.47 Å². The molecule has 0 unspecified atom stereocenters. The van der Waals surface area contributed by atoms with Gasteiger partial charge in [-0.25, -0.2) is 4.79 Å². The molecule has 0 atom stereocenters. The van der Waals surface area contributed by atoms with Crippen LogP contribution in [0.15, 0.2) is 18.2 Å². The van der Waals surface area contributed by atoms with Gasteiger partial charge in [-0.15, -0.1) is 0 Å². The summed E-state index contributed by atoms with van der Waals surface area (Å²) in [5.41, 5.74) is 0.551. The standard InChI is InChI=1S/C12H12Cl2O3/c1-3-17-11(15)7-4-8-10(16-2)6-5-9(13)12(8)14/h4-7H,3H2,1-2H3/b7-4+. The van der Waals surface area contributed by atoms with Crippen LogP contribution in [0, 0.1) is 0 Å². The van der Waals surface area contributed by atoms with Crippen LogP contribution in [-0.4, -0.2) is 19.7 Å². The summed E-state index contributed by atoms with van der Waals surface area (Å²) in [7, 11) is 1.52. The number of halogens is 2. The van der Waals surface area contributed by atoms with Crippen molar-refractivity contribution < 1.29 is 14.3 Å². The van der Waals surface area contributed by atoms with Crippen LogP contribution in [0.5, 0.6) is 5.75 Å². The van der Waals surface area contributed by atoms with Crippen LogP contribution in [0.4, 0.5) is 0 Å². The van der Waals surface area contributed by atoms with Gasteiger partial charge >= 0.3 is 5.97 Å². The van der Waals surface area contributed by atoms with Crippen LogP contribution in [0.1, 0.15) is 12.5 Å². The van der Waals surface area contributed by atoms with Crippen molar-refractivity contribution in [1.82, 2.24) is 0 Å². The molecule has 0 fully saturated rings. The lowest BCUT2D eigenvalue weighted by molar-refractivity contribution is -0.137. The molecule has 0 amide bonds. The second-order valence-electron chi connectivity index (χ2n) is 3.06. The van der Waals surface area contributed by atoms with Crippen molar-refractivity contribution in [3.05, 3.63) is 33.8 Å². The Bertz CT molecular complexity index is 442. The molecular weight excluding hydrogens is 263 g/mol. The zero-order chi connectivity index (χ0) is 12.8. The number of esters is 1. The fourth-order valence-electron chi connectivity index (χ4n) is 1.22. The van der Waals surface area contributed by atoms with E-state index < -0.39 is 5.97 Å². The highest BCUT2D eigenvalue weighted by Crippen LogP contribution is 2.33. The van der Waals surface area contributed by atoms with Gasteiger partial charge in [0, 0.05) is 11.6 Å². The predicted octanol–water partition coefficient (Wildman–Crippen LogP) is 3.58. The first-order chi connectivity index (χ1) is 8.10. The molecule has 5 heteroatoms. The molecule has 0 heterocycles. The highest BCUT2D eigenvalue weighted by Gasteiger charge is 2.09. The number of hydrogen-bond acceptors (Lipinski definition) is 3. The lowest BCUT2D eigenvalue weighted by atomic mass is 10.2. The van der Waals surface area contributed by atoms with Gasteiger partial charge in [-0.2, -0.15) is 0 Å². The van der Waals surface area contributed by atoms with E-state index in [1.807, 2.05) is 0 Å². The van der Waals surface area contributed by atoms with Gasteiger partial charge in [0.1, 0.15) is 5.75 Å². The van der Waals surface area contributed by atoms with E-state index in [2.05, 4.69) is 0 Å².